The van der Waals surface area contributed by atoms with Gasteiger partial charge in [-0.3, -0.25) is 9.56 Å². The lowest BCUT2D eigenvalue weighted by Crippen LogP contribution is -2.38. The summed E-state index contributed by atoms with van der Waals surface area (Å²) in [5.74, 6) is 1.81. The predicted octanol–water partition coefficient (Wildman–Crippen LogP) is 2.13. The third-order valence-corrected chi connectivity index (χ3v) is 4.25. The molecule has 144 valence electrons. The zero-order valence-electron chi connectivity index (χ0n) is 15.6. The standard InChI is InChI=1S/C17H32N6O.HI/c1-3-5-7-11-19-16(18-4-2)20-12-9-14-23-17(24)22-13-8-6-10-15(22)21-23;/h3-14H2,1-2H3,(H2,18,19,20);1H. The summed E-state index contributed by atoms with van der Waals surface area (Å²) in [5, 5.41) is 11.1. The monoisotopic (exact) mass is 464 g/mol. The molecule has 0 saturated heterocycles. The van der Waals surface area contributed by atoms with Crippen molar-refractivity contribution >= 4 is 29.9 Å². The fourth-order valence-electron chi connectivity index (χ4n) is 2.93. The Morgan fingerprint density at radius 2 is 2.04 bits per heavy atom. The predicted molar refractivity (Wildman–Crippen MR) is 113 cm³/mol. The first-order valence-corrected chi connectivity index (χ1v) is 9.45. The van der Waals surface area contributed by atoms with Gasteiger partial charge in [-0.2, -0.15) is 5.10 Å². The molecule has 0 saturated carbocycles. The molecule has 0 atom stereocenters. The van der Waals surface area contributed by atoms with Crippen LogP contribution in [-0.2, 0) is 19.5 Å². The number of rotatable bonds is 9. The molecule has 2 heterocycles. The summed E-state index contributed by atoms with van der Waals surface area (Å²) in [4.78, 5) is 16.8. The molecule has 1 aromatic heterocycles. The van der Waals surface area contributed by atoms with Gasteiger partial charge < -0.3 is 10.6 Å². The summed E-state index contributed by atoms with van der Waals surface area (Å²) < 4.78 is 3.43. The van der Waals surface area contributed by atoms with Gasteiger partial charge in [0.05, 0.1) is 0 Å². The van der Waals surface area contributed by atoms with Crippen molar-refractivity contribution in [3.8, 4) is 0 Å². The van der Waals surface area contributed by atoms with Crippen molar-refractivity contribution in [2.45, 2.75) is 71.9 Å². The van der Waals surface area contributed by atoms with Crippen LogP contribution in [0.5, 0.6) is 0 Å². The first-order chi connectivity index (χ1) is 11.8. The lowest BCUT2D eigenvalue weighted by atomic mass is 10.2. The third-order valence-electron chi connectivity index (χ3n) is 4.25. The summed E-state index contributed by atoms with van der Waals surface area (Å²) in [7, 11) is 0. The van der Waals surface area contributed by atoms with Gasteiger partial charge in [-0.25, -0.2) is 9.48 Å². The maximum atomic E-state index is 12.2. The molecule has 1 aliphatic heterocycles. The number of halogens is 1. The number of hydrogen-bond donors (Lipinski definition) is 2. The first kappa shape index (κ1) is 22.0. The van der Waals surface area contributed by atoms with Crippen molar-refractivity contribution in [1.82, 2.24) is 25.0 Å². The smallest absolute Gasteiger partial charge is 0.345 e. The fraction of sp³-hybridized carbons (Fsp3) is 0.824. The van der Waals surface area contributed by atoms with Crippen LogP contribution < -0.4 is 16.3 Å². The number of nitrogens with one attached hydrogen (secondary N) is 2. The Balaban J connectivity index is 0.00000312. The minimum absolute atomic E-state index is 0. The van der Waals surface area contributed by atoms with E-state index in [9.17, 15) is 4.79 Å². The fourth-order valence-corrected chi connectivity index (χ4v) is 2.93. The van der Waals surface area contributed by atoms with Gasteiger partial charge in [0.15, 0.2) is 5.96 Å². The number of hydrogen-bond acceptors (Lipinski definition) is 3. The molecule has 2 rings (SSSR count). The van der Waals surface area contributed by atoms with E-state index in [2.05, 4.69) is 34.6 Å². The number of aryl methyl sites for hydroxylation is 2. The van der Waals surface area contributed by atoms with Gasteiger partial charge in [-0.05, 0) is 32.6 Å². The molecule has 1 aromatic rings. The molecule has 8 heteroatoms. The second-order valence-electron chi connectivity index (χ2n) is 6.28. The van der Waals surface area contributed by atoms with E-state index in [1.54, 1.807) is 4.68 Å². The minimum atomic E-state index is 0. The van der Waals surface area contributed by atoms with Crippen LogP contribution in [0.15, 0.2) is 9.79 Å². The summed E-state index contributed by atoms with van der Waals surface area (Å²) in [6, 6.07) is 0. The molecule has 0 amide bonds. The molecular formula is C17H33IN6O. The van der Waals surface area contributed by atoms with Gasteiger partial charge in [0, 0.05) is 39.1 Å². The van der Waals surface area contributed by atoms with E-state index in [1.165, 1.54) is 12.8 Å². The van der Waals surface area contributed by atoms with Crippen LogP contribution in [0.25, 0.3) is 0 Å². The largest absolute Gasteiger partial charge is 0.357 e. The Bertz CT molecular complexity index is 580. The highest BCUT2D eigenvalue weighted by Gasteiger charge is 2.15. The third kappa shape index (κ3) is 6.99. The van der Waals surface area contributed by atoms with E-state index >= 15 is 0 Å². The lowest BCUT2D eigenvalue weighted by molar-refractivity contribution is 0.509. The molecule has 0 fully saturated rings. The van der Waals surface area contributed by atoms with E-state index < -0.39 is 0 Å². The molecule has 25 heavy (non-hydrogen) atoms. The van der Waals surface area contributed by atoms with Crippen molar-refractivity contribution in [3.63, 3.8) is 0 Å². The molecule has 0 aromatic carbocycles. The van der Waals surface area contributed by atoms with Crippen molar-refractivity contribution in [2.75, 3.05) is 19.6 Å². The Morgan fingerprint density at radius 3 is 2.76 bits per heavy atom. The van der Waals surface area contributed by atoms with E-state index in [0.717, 1.165) is 63.5 Å². The number of aromatic nitrogens is 3. The zero-order chi connectivity index (χ0) is 17.2. The average Bonchev–Trinajstić information content (AvgIpc) is 2.92. The zero-order valence-corrected chi connectivity index (χ0v) is 17.9. The van der Waals surface area contributed by atoms with Crippen LogP contribution in [0.1, 0.15) is 58.2 Å². The molecule has 0 aliphatic carbocycles. The van der Waals surface area contributed by atoms with Crippen LogP contribution in [0.4, 0.5) is 0 Å². The maximum absolute atomic E-state index is 12.2. The van der Waals surface area contributed by atoms with Gasteiger partial charge >= 0.3 is 5.69 Å². The number of guanidine groups is 1. The van der Waals surface area contributed by atoms with Crippen molar-refractivity contribution < 1.29 is 0 Å². The van der Waals surface area contributed by atoms with Crippen molar-refractivity contribution in [1.29, 1.82) is 0 Å². The molecule has 2 N–H and O–H groups in total. The second kappa shape index (κ2) is 12.3. The Kier molecular flexibility index (Phi) is 10.8. The Labute approximate surface area is 167 Å². The molecule has 0 unspecified atom stereocenters. The lowest BCUT2D eigenvalue weighted by Gasteiger charge is -2.10. The normalized spacial score (nSPS) is 13.9. The summed E-state index contributed by atoms with van der Waals surface area (Å²) in [6.45, 7) is 8.22. The Morgan fingerprint density at radius 1 is 1.20 bits per heavy atom. The van der Waals surface area contributed by atoms with Gasteiger partial charge in [0.1, 0.15) is 5.82 Å². The van der Waals surface area contributed by atoms with Crippen LogP contribution in [0.3, 0.4) is 0 Å². The highest BCUT2D eigenvalue weighted by molar-refractivity contribution is 14.0. The SMILES string of the molecule is CCCCCNC(=NCCCn1nc2n(c1=O)CCCC2)NCC.I. The van der Waals surface area contributed by atoms with Crippen molar-refractivity contribution in [3.05, 3.63) is 16.3 Å². The van der Waals surface area contributed by atoms with Crippen LogP contribution in [0, 0.1) is 0 Å². The molecule has 1 aliphatic rings. The number of unbranched alkanes of at least 4 members (excludes halogenated alkanes) is 2. The van der Waals surface area contributed by atoms with E-state index in [-0.39, 0.29) is 29.7 Å². The number of aliphatic imine (C=N–C) groups is 1. The van der Waals surface area contributed by atoms with E-state index in [4.69, 9.17) is 0 Å². The maximum Gasteiger partial charge on any atom is 0.345 e. The van der Waals surface area contributed by atoms with Gasteiger partial charge in [0.2, 0.25) is 0 Å². The van der Waals surface area contributed by atoms with E-state index in [1.807, 2.05) is 4.57 Å². The molecular weight excluding hydrogens is 431 g/mol. The summed E-state index contributed by atoms with van der Waals surface area (Å²) in [5.41, 5.74) is 0.0401. The second-order valence-corrected chi connectivity index (χ2v) is 6.28. The van der Waals surface area contributed by atoms with Gasteiger partial charge in [-0.1, -0.05) is 19.8 Å². The molecule has 0 radical (unpaired) electrons. The van der Waals surface area contributed by atoms with Gasteiger partial charge in [0.25, 0.3) is 0 Å². The molecule has 0 bridgehead atoms. The highest BCUT2D eigenvalue weighted by Crippen LogP contribution is 2.09. The highest BCUT2D eigenvalue weighted by atomic mass is 127. The molecule has 7 nitrogen and oxygen atoms in total. The van der Waals surface area contributed by atoms with Crippen LogP contribution in [0.2, 0.25) is 0 Å². The van der Waals surface area contributed by atoms with E-state index in [0.29, 0.717) is 13.1 Å². The minimum Gasteiger partial charge on any atom is -0.357 e. The summed E-state index contributed by atoms with van der Waals surface area (Å²) >= 11 is 0. The topological polar surface area (TPSA) is 76.2 Å². The quantitative estimate of drug-likeness (QED) is 0.254. The van der Waals surface area contributed by atoms with Crippen molar-refractivity contribution in [2.24, 2.45) is 4.99 Å². The Hall–Kier alpha value is -1.06. The number of fused-ring (bicyclic) bond motifs is 1. The van der Waals surface area contributed by atoms with Crippen LogP contribution >= 0.6 is 24.0 Å². The average molecular weight is 464 g/mol. The number of nitrogens with zero attached hydrogens (tertiary/aromatic N) is 4. The first-order valence-electron chi connectivity index (χ1n) is 9.45. The van der Waals surface area contributed by atoms with Gasteiger partial charge in [-0.15, -0.1) is 24.0 Å². The summed E-state index contributed by atoms with van der Waals surface area (Å²) in [6.07, 6.45) is 7.58. The molecule has 0 spiro atoms. The van der Waals surface area contributed by atoms with Crippen LogP contribution in [-0.4, -0.2) is 39.9 Å².